The van der Waals surface area contributed by atoms with Gasteiger partial charge in [-0.15, -0.1) is 0 Å². The smallest absolute Gasteiger partial charge is 0.268 e. The highest BCUT2D eigenvalue weighted by Crippen LogP contribution is 2.39. The molecule has 1 unspecified atom stereocenters. The molecular weight excluding hydrogens is 506 g/mol. The molecular formula is C36H43N3O2. The van der Waals surface area contributed by atoms with E-state index >= 15 is 0 Å². The summed E-state index contributed by atoms with van der Waals surface area (Å²) >= 11 is 0. The minimum atomic E-state index is -0.0934. The molecule has 2 aliphatic rings. The zero-order valence-electron chi connectivity index (χ0n) is 24.1. The molecule has 3 aromatic carbocycles. The van der Waals surface area contributed by atoms with Crippen molar-refractivity contribution in [2.75, 3.05) is 26.2 Å². The number of aromatic nitrogens is 1. The van der Waals surface area contributed by atoms with Gasteiger partial charge in [0, 0.05) is 35.0 Å². The molecule has 0 radical (unpaired) electrons. The highest BCUT2D eigenvalue weighted by Gasteiger charge is 2.28. The Morgan fingerprint density at radius 1 is 0.805 bits per heavy atom. The molecule has 0 bridgehead atoms. The standard InChI is InChI=1S/C36H43N3O2/c40-36(37-29-15-7-2-1-3-8-16-29)35-34(31-17-9-10-18-32(31)38-35)33(27-13-5-4-6-14-27)28-19-21-30(22-20-28)41-26-25-39-23-11-12-24-39/h4-6,9-10,13-14,17-22,29,33,38H,1-3,7-8,11-12,15-16,23-26H2,(H,37,40). The van der Waals surface area contributed by atoms with Crippen molar-refractivity contribution in [3.8, 4) is 5.75 Å². The first-order valence-electron chi connectivity index (χ1n) is 15.7. The van der Waals surface area contributed by atoms with Crippen LogP contribution >= 0.6 is 0 Å². The summed E-state index contributed by atoms with van der Waals surface area (Å²) in [5.74, 6) is 0.801. The van der Waals surface area contributed by atoms with E-state index in [2.05, 4.69) is 88.0 Å². The summed E-state index contributed by atoms with van der Waals surface area (Å²) in [6.07, 6.45) is 10.9. The number of nitrogens with one attached hydrogen (secondary N) is 2. The van der Waals surface area contributed by atoms with E-state index in [1.165, 1.54) is 63.6 Å². The number of ether oxygens (including phenoxy) is 1. The molecule has 2 N–H and O–H groups in total. The first-order valence-corrected chi connectivity index (χ1v) is 15.7. The highest BCUT2D eigenvalue weighted by atomic mass is 16.5. The fourth-order valence-corrected chi connectivity index (χ4v) is 6.73. The number of hydrogen-bond donors (Lipinski definition) is 2. The van der Waals surface area contributed by atoms with Gasteiger partial charge in [0.15, 0.2) is 0 Å². The molecule has 41 heavy (non-hydrogen) atoms. The van der Waals surface area contributed by atoms with Gasteiger partial charge in [0.1, 0.15) is 18.1 Å². The molecule has 1 aromatic heterocycles. The summed E-state index contributed by atoms with van der Waals surface area (Å²) in [5, 5.41) is 4.52. The van der Waals surface area contributed by atoms with Gasteiger partial charge in [-0.3, -0.25) is 9.69 Å². The zero-order chi connectivity index (χ0) is 27.9. The molecule has 4 aromatic rings. The van der Waals surface area contributed by atoms with Crippen LogP contribution in [0.4, 0.5) is 0 Å². The topological polar surface area (TPSA) is 57.4 Å². The van der Waals surface area contributed by atoms with Crippen LogP contribution in [0.3, 0.4) is 0 Å². The number of aromatic amines is 1. The van der Waals surface area contributed by atoms with Gasteiger partial charge in [-0.05, 0) is 68.1 Å². The number of benzene rings is 3. The lowest BCUT2D eigenvalue weighted by Gasteiger charge is -2.23. The summed E-state index contributed by atoms with van der Waals surface area (Å²) in [5.41, 5.74) is 5.02. The van der Waals surface area contributed by atoms with Gasteiger partial charge in [0.2, 0.25) is 0 Å². The van der Waals surface area contributed by atoms with Crippen LogP contribution in [-0.2, 0) is 0 Å². The average molecular weight is 550 g/mol. The van der Waals surface area contributed by atoms with Gasteiger partial charge in [0.25, 0.3) is 5.91 Å². The number of fused-ring (bicyclic) bond motifs is 1. The van der Waals surface area contributed by atoms with Crippen LogP contribution in [0.2, 0.25) is 0 Å². The molecule has 6 rings (SSSR count). The fourth-order valence-electron chi connectivity index (χ4n) is 6.73. The molecule has 2 heterocycles. The molecule has 5 nitrogen and oxygen atoms in total. The van der Waals surface area contributed by atoms with Crippen molar-refractivity contribution in [1.82, 2.24) is 15.2 Å². The third-order valence-corrected chi connectivity index (χ3v) is 8.92. The van der Waals surface area contributed by atoms with E-state index in [0.717, 1.165) is 47.2 Å². The number of carbonyl (C=O) groups is 1. The maximum atomic E-state index is 14.0. The van der Waals surface area contributed by atoms with Gasteiger partial charge in [-0.2, -0.15) is 0 Å². The Balaban J connectivity index is 1.32. The molecule has 214 valence electrons. The van der Waals surface area contributed by atoms with Gasteiger partial charge in [-0.25, -0.2) is 0 Å². The normalized spacial score (nSPS) is 17.7. The highest BCUT2D eigenvalue weighted by molar-refractivity contribution is 6.02. The first kappa shape index (κ1) is 27.6. The van der Waals surface area contributed by atoms with Crippen molar-refractivity contribution in [2.45, 2.75) is 69.7 Å². The van der Waals surface area contributed by atoms with E-state index in [0.29, 0.717) is 12.3 Å². The maximum Gasteiger partial charge on any atom is 0.268 e. The average Bonchev–Trinajstić information content (AvgIpc) is 3.65. The predicted molar refractivity (Wildman–Crippen MR) is 167 cm³/mol. The van der Waals surface area contributed by atoms with Crippen LogP contribution < -0.4 is 10.1 Å². The lowest BCUT2D eigenvalue weighted by Crippen LogP contribution is -2.36. The SMILES string of the molecule is O=C(NC1CCCCCCC1)c1[nH]c2ccccc2c1C(c1ccccc1)c1ccc(OCCN2CCCC2)cc1. The van der Waals surface area contributed by atoms with Crippen LogP contribution in [0.5, 0.6) is 5.75 Å². The van der Waals surface area contributed by atoms with Gasteiger partial charge < -0.3 is 15.0 Å². The van der Waals surface area contributed by atoms with Crippen LogP contribution in [0.25, 0.3) is 10.9 Å². The molecule has 1 aliphatic heterocycles. The number of likely N-dealkylation sites (tertiary alicyclic amines) is 1. The van der Waals surface area contributed by atoms with Crippen molar-refractivity contribution in [3.63, 3.8) is 0 Å². The third-order valence-electron chi connectivity index (χ3n) is 8.92. The minimum Gasteiger partial charge on any atom is -0.492 e. The largest absolute Gasteiger partial charge is 0.492 e. The van der Waals surface area contributed by atoms with Crippen LogP contribution in [0, 0.1) is 0 Å². The molecule has 1 saturated heterocycles. The Bertz CT molecular complexity index is 1400. The van der Waals surface area contributed by atoms with E-state index in [1.807, 2.05) is 6.07 Å². The van der Waals surface area contributed by atoms with Crippen LogP contribution in [0.15, 0.2) is 78.9 Å². The Kier molecular flexibility index (Phi) is 9.01. The van der Waals surface area contributed by atoms with E-state index in [-0.39, 0.29) is 17.9 Å². The molecule has 1 atom stereocenters. The van der Waals surface area contributed by atoms with Crippen molar-refractivity contribution >= 4 is 16.8 Å². The summed E-state index contributed by atoms with van der Waals surface area (Å²) in [6.45, 7) is 4.04. The zero-order valence-corrected chi connectivity index (χ0v) is 24.1. The van der Waals surface area contributed by atoms with Crippen molar-refractivity contribution in [3.05, 3.63) is 101 Å². The molecule has 2 fully saturated rings. The van der Waals surface area contributed by atoms with Crippen LogP contribution in [-0.4, -0.2) is 48.1 Å². The number of amides is 1. The Morgan fingerprint density at radius 2 is 1.46 bits per heavy atom. The van der Waals surface area contributed by atoms with E-state index in [9.17, 15) is 4.79 Å². The second kappa shape index (κ2) is 13.4. The van der Waals surface area contributed by atoms with E-state index in [4.69, 9.17) is 4.74 Å². The lowest BCUT2D eigenvalue weighted by molar-refractivity contribution is 0.0925. The number of para-hydroxylation sites is 1. The Morgan fingerprint density at radius 3 is 2.22 bits per heavy atom. The summed E-state index contributed by atoms with van der Waals surface area (Å²) in [7, 11) is 0. The lowest BCUT2D eigenvalue weighted by atomic mass is 9.83. The number of H-pyrrole nitrogens is 1. The Hall–Kier alpha value is -3.57. The van der Waals surface area contributed by atoms with E-state index in [1.54, 1.807) is 0 Å². The van der Waals surface area contributed by atoms with E-state index < -0.39 is 0 Å². The molecule has 5 heteroatoms. The minimum absolute atomic E-state index is 0.00423. The maximum absolute atomic E-state index is 14.0. The summed E-state index contributed by atoms with van der Waals surface area (Å²) in [6, 6.07) is 27.6. The predicted octanol–water partition coefficient (Wildman–Crippen LogP) is 7.67. The summed E-state index contributed by atoms with van der Waals surface area (Å²) < 4.78 is 6.12. The molecule has 1 aliphatic carbocycles. The number of carbonyl (C=O) groups excluding carboxylic acids is 1. The molecule has 0 spiro atoms. The van der Waals surface area contributed by atoms with Gasteiger partial charge in [0.05, 0.1) is 0 Å². The Labute approximate surface area is 244 Å². The number of hydrogen-bond acceptors (Lipinski definition) is 3. The van der Waals surface area contributed by atoms with Gasteiger partial charge in [-0.1, -0.05) is 92.8 Å². The quantitative estimate of drug-likeness (QED) is 0.225. The monoisotopic (exact) mass is 549 g/mol. The van der Waals surface area contributed by atoms with Crippen molar-refractivity contribution in [1.29, 1.82) is 0 Å². The van der Waals surface area contributed by atoms with Crippen molar-refractivity contribution < 1.29 is 9.53 Å². The second-order valence-corrected chi connectivity index (χ2v) is 11.8. The molecule has 1 saturated carbocycles. The third kappa shape index (κ3) is 6.68. The molecule has 1 amide bonds. The summed E-state index contributed by atoms with van der Waals surface area (Å²) in [4.78, 5) is 20.0. The number of rotatable bonds is 9. The first-order chi connectivity index (χ1) is 20.3. The van der Waals surface area contributed by atoms with Crippen LogP contribution in [0.1, 0.15) is 90.9 Å². The van der Waals surface area contributed by atoms with Gasteiger partial charge >= 0.3 is 0 Å². The second-order valence-electron chi connectivity index (χ2n) is 11.8. The fraction of sp³-hybridized carbons (Fsp3) is 0.417. The van der Waals surface area contributed by atoms with Crippen molar-refractivity contribution in [2.24, 2.45) is 0 Å². The number of nitrogens with zero attached hydrogens (tertiary/aromatic N) is 1.